The molecule has 0 saturated carbocycles. The van der Waals surface area contributed by atoms with Crippen LogP contribution in [0.25, 0.3) is 0 Å². The van der Waals surface area contributed by atoms with Crippen molar-refractivity contribution in [2.75, 3.05) is 32.9 Å². The normalized spacial score (nSPS) is 14.3. The summed E-state index contributed by atoms with van der Waals surface area (Å²) in [4.78, 5) is 0. The van der Waals surface area contributed by atoms with Gasteiger partial charge in [-0.25, -0.2) is 0 Å². The monoisotopic (exact) mass is 295 g/mol. The third kappa shape index (κ3) is 8.83. The largest absolute Gasteiger partial charge is 0.389 e. The summed E-state index contributed by atoms with van der Waals surface area (Å²) in [5, 5.41) is 13.1. The van der Waals surface area contributed by atoms with E-state index in [1.165, 1.54) is 5.56 Å². The Bertz CT molecular complexity index is 356. The Balaban J connectivity index is 2.04. The second kappa shape index (κ2) is 10.7. The molecule has 0 aromatic heterocycles. The number of aliphatic hydroxyl groups excluding tert-OH is 1. The fourth-order valence-corrected chi connectivity index (χ4v) is 1.99. The van der Waals surface area contributed by atoms with Crippen molar-refractivity contribution in [3.63, 3.8) is 0 Å². The third-order valence-electron chi connectivity index (χ3n) is 3.19. The molecule has 1 aromatic rings. The lowest BCUT2D eigenvalue weighted by molar-refractivity contribution is -0.00995. The summed E-state index contributed by atoms with van der Waals surface area (Å²) in [6, 6.07) is 10.4. The number of rotatable bonds is 11. The van der Waals surface area contributed by atoms with Crippen LogP contribution in [0.5, 0.6) is 0 Å². The van der Waals surface area contributed by atoms with Crippen LogP contribution in [0.2, 0.25) is 0 Å². The van der Waals surface area contributed by atoms with Gasteiger partial charge in [-0.05, 0) is 25.3 Å². The highest BCUT2D eigenvalue weighted by atomic mass is 16.5. The van der Waals surface area contributed by atoms with E-state index >= 15 is 0 Å². The first-order chi connectivity index (χ1) is 10.1. The zero-order valence-corrected chi connectivity index (χ0v) is 13.4. The van der Waals surface area contributed by atoms with Crippen LogP contribution in [0.3, 0.4) is 0 Å². The van der Waals surface area contributed by atoms with Crippen LogP contribution in [0.1, 0.15) is 32.3 Å². The van der Waals surface area contributed by atoms with Crippen molar-refractivity contribution in [2.24, 2.45) is 0 Å². The van der Waals surface area contributed by atoms with Gasteiger partial charge in [0.1, 0.15) is 0 Å². The lowest BCUT2D eigenvalue weighted by atomic mass is 10.0. The first kappa shape index (κ1) is 18.1. The van der Waals surface area contributed by atoms with Crippen molar-refractivity contribution in [3.05, 3.63) is 35.9 Å². The summed E-state index contributed by atoms with van der Waals surface area (Å²) in [6.45, 7) is 8.99. The highest BCUT2D eigenvalue weighted by Gasteiger charge is 2.07. The number of ether oxygens (including phenoxy) is 2. The average molecular weight is 295 g/mol. The SMILES string of the molecule is CC(C)OCCOCC(O)CNCC(C)c1ccccc1. The maximum absolute atomic E-state index is 9.81. The maximum Gasteiger partial charge on any atom is 0.0897 e. The van der Waals surface area contributed by atoms with Gasteiger partial charge in [0.05, 0.1) is 32.0 Å². The van der Waals surface area contributed by atoms with Gasteiger partial charge in [0, 0.05) is 13.1 Å². The highest BCUT2D eigenvalue weighted by molar-refractivity contribution is 5.18. The zero-order chi connectivity index (χ0) is 15.5. The Labute approximate surface area is 128 Å². The minimum atomic E-state index is -0.480. The predicted molar refractivity (Wildman–Crippen MR) is 85.6 cm³/mol. The predicted octanol–water partition coefficient (Wildman–Crippen LogP) is 2.18. The number of nitrogens with one attached hydrogen (secondary N) is 1. The Kier molecular flexibility index (Phi) is 9.26. The van der Waals surface area contributed by atoms with Crippen molar-refractivity contribution in [3.8, 4) is 0 Å². The van der Waals surface area contributed by atoms with Gasteiger partial charge >= 0.3 is 0 Å². The molecule has 4 nitrogen and oxygen atoms in total. The molecule has 21 heavy (non-hydrogen) atoms. The van der Waals surface area contributed by atoms with E-state index in [1.54, 1.807) is 0 Å². The molecule has 1 rings (SSSR count). The van der Waals surface area contributed by atoms with Crippen molar-refractivity contribution in [2.45, 2.75) is 38.9 Å². The van der Waals surface area contributed by atoms with Gasteiger partial charge in [0.25, 0.3) is 0 Å². The average Bonchev–Trinajstić information content (AvgIpc) is 2.47. The molecule has 2 atom stereocenters. The maximum atomic E-state index is 9.81. The Hall–Kier alpha value is -0.940. The molecule has 120 valence electrons. The lowest BCUT2D eigenvalue weighted by Crippen LogP contribution is -2.33. The molecule has 2 N–H and O–H groups in total. The Morgan fingerprint density at radius 3 is 2.43 bits per heavy atom. The number of aliphatic hydroxyl groups is 1. The molecule has 0 heterocycles. The standard InChI is InChI=1S/C17H29NO3/c1-14(2)21-10-9-20-13-17(19)12-18-11-15(3)16-7-5-4-6-8-16/h4-8,14-15,17-19H,9-13H2,1-3H3. The van der Waals surface area contributed by atoms with E-state index in [0.717, 1.165) is 6.54 Å². The van der Waals surface area contributed by atoms with Gasteiger partial charge in [0.2, 0.25) is 0 Å². The van der Waals surface area contributed by atoms with Crippen LogP contribution in [0.4, 0.5) is 0 Å². The van der Waals surface area contributed by atoms with E-state index in [9.17, 15) is 5.11 Å². The summed E-state index contributed by atoms with van der Waals surface area (Å²) in [5.41, 5.74) is 1.31. The zero-order valence-electron chi connectivity index (χ0n) is 13.4. The Morgan fingerprint density at radius 2 is 1.76 bits per heavy atom. The van der Waals surface area contributed by atoms with Crippen molar-refractivity contribution >= 4 is 0 Å². The summed E-state index contributed by atoms with van der Waals surface area (Å²) < 4.78 is 10.7. The molecule has 0 bridgehead atoms. The van der Waals surface area contributed by atoms with Crippen molar-refractivity contribution in [1.29, 1.82) is 0 Å². The molecule has 2 unspecified atom stereocenters. The second-order valence-corrected chi connectivity index (χ2v) is 5.62. The number of benzene rings is 1. The van der Waals surface area contributed by atoms with Crippen LogP contribution in [0, 0.1) is 0 Å². The van der Waals surface area contributed by atoms with E-state index in [4.69, 9.17) is 9.47 Å². The van der Waals surface area contributed by atoms with Gasteiger partial charge in [-0.3, -0.25) is 0 Å². The molecular weight excluding hydrogens is 266 g/mol. The fraction of sp³-hybridized carbons (Fsp3) is 0.647. The number of hydrogen-bond donors (Lipinski definition) is 2. The van der Waals surface area contributed by atoms with E-state index in [1.807, 2.05) is 32.0 Å². The molecule has 0 saturated heterocycles. The molecule has 0 amide bonds. The highest BCUT2D eigenvalue weighted by Crippen LogP contribution is 2.12. The van der Waals surface area contributed by atoms with Crippen LogP contribution in [-0.4, -0.2) is 50.2 Å². The summed E-state index contributed by atoms with van der Waals surface area (Å²) in [5.74, 6) is 0.429. The van der Waals surface area contributed by atoms with Gasteiger partial charge in [0.15, 0.2) is 0 Å². The van der Waals surface area contributed by atoms with Gasteiger partial charge in [-0.1, -0.05) is 37.3 Å². The molecule has 1 aromatic carbocycles. The first-order valence-electron chi connectivity index (χ1n) is 7.72. The van der Waals surface area contributed by atoms with Gasteiger partial charge in [-0.2, -0.15) is 0 Å². The van der Waals surface area contributed by atoms with Crippen LogP contribution < -0.4 is 5.32 Å². The molecular formula is C17H29NO3. The van der Waals surface area contributed by atoms with Crippen molar-refractivity contribution < 1.29 is 14.6 Å². The topological polar surface area (TPSA) is 50.7 Å². The van der Waals surface area contributed by atoms with Crippen LogP contribution >= 0.6 is 0 Å². The minimum absolute atomic E-state index is 0.222. The van der Waals surface area contributed by atoms with E-state index in [0.29, 0.717) is 32.3 Å². The second-order valence-electron chi connectivity index (χ2n) is 5.62. The number of hydrogen-bond acceptors (Lipinski definition) is 4. The summed E-state index contributed by atoms with van der Waals surface area (Å²) >= 11 is 0. The van der Waals surface area contributed by atoms with Crippen LogP contribution in [0.15, 0.2) is 30.3 Å². The first-order valence-corrected chi connectivity index (χ1v) is 7.72. The fourth-order valence-electron chi connectivity index (χ4n) is 1.99. The van der Waals surface area contributed by atoms with E-state index < -0.39 is 6.10 Å². The lowest BCUT2D eigenvalue weighted by Gasteiger charge is -2.16. The molecule has 0 radical (unpaired) electrons. The van der Waals surface area contributed by atoms with Gasteiger partial charge in [-0.15, -0.1) is 0 Å². The smallest absolute Gasteiger partial charge is 0.0897 e. The molecule has 0 aliphatic heterocycles. The molecule has 0 fully saturated rings. The molecule has 4 heteroatoms. The van der Waals surface area contributed by atoms with Crippen LogP contribution in [-0.2, 0) is 9.47 Å². The molecule has 0 aliphatic rings. The van der Waals surface area contributed by atoms with E-state index in [-0.39, 0.29) is 6.10 Å². The molecule has 0 spiro atoms. The molecule has 0 aliphatic carbocycles. The quantitative estimate of drug-likeness (QED) is 0.614. The van der Waals surface area contributed by atoms with Crippen molar-refractivity contribution in [1.82, 2.24) is 5.32 Å². The van der Waals surface area contributed by atoms with Gasteiger partial charge < -0.3 is 19.9 Å². The van der Waals surface area contributed by atoms with E-state index in [2.05, 4.69) is 24.4 Å². The Morgan fingerprint density at radius 1 is 1.05 bits per heavy atom. The summed E-state index contributed by atoms with van der Waals surface area (Å²) in [6.07, 6.45) is -0.258. The minimum Gasteiger partial charge on any atom is -0.389 e. The summed E-state index contributed by atoms with van der Waals surface area (Å²) in [7, 11) is 0. The third-order valence-corrected chi connectivity index (χ3v) is 3.19.